The number of carbonyl (C=O) groups is 4. The molecule has 1 N–H and O–H groups in total. The Morgan fingerprint density at radius 2 is 1.74 bits per heavy atom. The fourth-order valence-corrected chi connectivity index (χ4v) is 5.12. The lowest BCUT2D eigenvalue weighted by atomic mass is 9.90. The summed E-state index contributed by atoms with van der Waals surface area (Å²) in [6, 6.07) is 10.2. The average Bonchev–Trinajstić information content (AvgIpc) is 3.43. The zero-order chi connectivity index (χ0) is 23.4. The molecule has 0 bridgehead atoms. The van der Waals surface area contributed by atoms with E-state index in [0.717, 1.165) is 29.8 Å². The molecule has 1 saturated heterocycles. The lowest BCUT2D eigenvalue weighted by Gasteiger charge is -2.27. The molecule has 2 aliphatic heterocycles. The second-order valence-corrected chi connectivity index (χ2v) is 8.88. The van der Waals surface area contributed by atoms with Crippen LogP contribution in [0.4, 0.5) is 0 Å². The van der Waals surface area contributed by atoms with Gasteiger partial charge >= 0.3 is 0 Å². The average molecular weight is 455 g/mol. The quantitative estimate of drug-likeness (QED) is 0.606. The Morgan fingerprint density at radius 1 is 0.912 bits per heavy atom. The summed E-state index contributed by atoms with van der Waals surface area (Å²) >= 11 is 0. The predicted octanol–water partition coefficient (Wildman–Crippen LogP) is 2.21. The van der Waals surface area contributed by atoms with Crippen molar-refractivity contribution in [2.45, 2.75) is 44.6 Å². The van der Waals surface area contributed by atoms with Crippen molar-refractivity contribution in [1.82, 2.24) is 25.2 Å². The molecule has 9 heteroatoms. The second-order valence-electron chi connectivity index (χ2n) is 8.88. The standard InChI is InChI=1S/C25H21N5O4/c31-22-11-10-21(23(32)26-22)30-24(33)17-9-8-15(12-18(17)25(30)34)19-13-29(28-27-19)20-7-3-5-14-4-1-2-6-16(14)20/h3,5,7-9,12-13,21H,1-2,4,6,10-11H2,(H,26,31,32). The van der Waals surface area contributed by atoms with Gasteiger partial charge in [0.25, 0.3) is 11.8 Å². The molecule has 2 aromatic carbocycles. The van der Waals surface area contributed by atoms with Crippen LogP contribution in [0.5, 0.6) is 0 Å². The van der Waals surface area contributed by atoms with Gasteiger partial charge < -0.3 is 0 Å². The molecule has 0 saturated carbocycles. The maximum Gasteiger partial charge on any atom is 0.262 e. The molecule has 1 fully saturated rings. The molecule has 3 heterocycles. The molecule has 0 radical (unpaired) electrons. The Balaban J connectivity index is 1.32. The second kappa shape index (κ2) is 7.72. The van der Waals surface area contributed by atoms with E-state index in [-0.39, 0.29) is 24.0 Å². The van der Waals surface area contributed by atoms with Crippen molar-refractivity contribution in [2.75, 3.05) is 0 Å². The molecule has 1 aliphatic carbocycles. The summed E-state index contributed by atoms with van der Waals surface area (Å²) in [5.74, 6) is -2.09. The normalized spacial score (nSPS) is 19.8. The Kier molecular flexibility index (Phi) is 4.65. The van der Waals surface area contributed by atoms with E-state index in [0.29, 0.717) is 11.3 Å². The molecule has 4 amide bonds. The number of aromatic nitrogens is 3. The van der Waals surface area contributed by atoms with E-state index in [1.165, 1.54) is 17.5 Å². The number of fused-ring (bicyclic) bond motifs is 2. The minimum absolute atomic E-state index is 0.0847. The van der Waals surface area contributed by atoms with Gasteiger partial charge in [-0.3, -0.25) is 29.4 Å². The highest BCUT2D eigenvalue weighted by Crippen LogP contribution is 2.32. The van der Waals surface area contributed by atoms with Gasteiger partial charge in [0.15, 0.2) is 0 Å². The number of piperidine rings is 1. The van der Waals surface area contributed by atoms with Crippen LogP contribution < -0.4 is 5.32 Å². The van der Waals surface area contributed by atoms with E-state index >= 15 is 0 Å². The van der Waals surface area contributed by atoms with Gasteiger partial charge in [-0.15, -0.1) is 5.10 Å². The number of amides is 4. The van der Waals surface area contributed by atoms with Gasteiger partial charge in [0.05, 0.1) is 23.0 Å². The van der Waals surface area contributed by atoms with Crippen LogP contribution in [0.3, 0.4) is 0 Å². The zero-order valence-electron chi connectivity index (χ0n) is 18.3. The maximum absolute atomic E-state index is 13.1. The van der Waals surface area contributed by atoms with Gasteiger partial charge in [-0.1, -0.05) is 23.4 Å². The summed E-state index contributed by atoms with van der Waals surface area (Å²) in [7, 11) is 0. The molecule has 6 rings (SSSR count). The summed E-state index contributed by atoms with van der Waals surface area (Å²) in [6.45, 7) is 0. The van der Waals surface area contributed by atoms with E-state index in [1.54, 1.807) is 22.9 Å². The van der Waals surface area contributed by atoms with Gasteiger partial charge in [0.2, 0.25) is 11.8 Å². The minimum atomic E-state index is -0.987. The monoisotopic (exact) mass is 455 g/mol. The van der Waals surface area contributed by atoms with Gasteiger partial charge in [0.1, 0.15) is 11.7 Å². The van der Waals surface area contributed by atoms with E-state index in [2.05, 4.69) is 21.7 Å². The molecule has 1 unspecified atom stereocenters. The van der Waals surface area contributed by atoms with E-state index < -0.39 is 29.7 Å². The molecule has 3 aliphatic rings. The SMILES string of the molecule is O=C1CCC(N2C(=O)c3ccc(-c4cn(-c5cccc6c5CCCC6)nn4)cc3C2=O)C(=O)N1. The smallest absolute Gasteiger partial charge is 0.262 e. The summed E-state index contributed by atoms with van der Waals surface area (Å²) in [5.41, 5.74) is 5.34. The first kappa shape index (κ1) is 20.5. The first-order chi connectivity index (χ1) is 16.5. The van der Waals surface area contributed by atoms with Gasteiger partial charge in [0, 0.05) is 12.0 Å². The van der Waals surface area contributed by atoms with Crippen molar-refractivity contribution in [3.05, 3.63) is 64.8 Å². The Hall–Kier alpha value is -4.14. The first-order valence-corrected chi connectivity index (χ1v) is 11.4. The number of hydrogen-bond acceptors (Lipinski definition) is 6. The lowest BCUT2D eigenvalue weighted by molar-refractivity contribution is -0.136. The molecule has 170 valence electrons. The highest BCUT2D eigenvalue weighted by Gasteiger charge is 2.44. The summed E-state index contributed by atoms with van der Waals surface area (Å²) in [5, 5.41) is 10.8. The molecule has 9 nitrogen and oxygen atoms in total. The topological polar surface area (TPSA) is 114 Å². The number of benzene rings is 2. The van der Waals surface area contributed by atoms with Crippen molar-refractivity contribution in [1.29, 1.82) is 0 Å². The molecule has 3 aromatic rings. The van der Waals surface area contributed by atoms with Gasteiger partial charge in [-0.05, 0) is 61.4 Å². The van der Waals surface area contributed by atoms with E-state index in [1.807, 2.05) is 18.3 Å². The van der Waals surface area contributed by atoms with Crippen molar-refractivity contribution in [3.8, 4) is 16.9 Å². The fourth-order valence-electron chi connectivity index (χ4n) is 5.12. The van der Waals surface area contributed by atoms with Crippen LogP contribution in [0.25, 0.3) is 16.9 Å². The van der Waals surface area contributed by atoms with Crippen molar-refractivity contribution >= 4 is 23.6 Å². The third-order valence-electron chi connectivity index (χ3n) is 6.85. The Labute approximate surface area is 194 Å². The van der Waals surface area contributed by atoms with Crippen LogP contribution in [-0.2, 0) is 22.4 Å². The van der Waals surface area contributed by atoms with Crippen molar-refractivity contribution in [3.63, 3.8) is 0 Å². The number of nitrogens with zero attached hydrogens (tertiary/aromatic N) is 4. The predicted molar refractivity (Wildman–Crippen MR) is 120 cm³/mol. The molecular weight excluding hydrogens is 434 g/mol. The van der Waals surface area contributed by atoms with E-state index in [9.17, 15) is 19.2 Å². The molecule has 1 atom stereocenters. The summed E-state index contributed by atoms with van der Waals surface area (Å²) in [4.78, 5) is 50.7. The molecule has 34 heavy (non-hydrogen) atoms. The highest BCUT2D eigenvalue weighted by atomic mass is 16.2. The Bertz CT molecular complexity index is 1390. The number of carbonyl (C=O) groups excluding carboxylic acids is 4. The third-order valence-corrected chi connectivity index (χ3v) is 6.85. The lowest BCUT2D eigenvalue weighted by Crippen LogP contribution is -2.54. The van der Waals surface area contributed by atoms with E-state index in [4.69, 9.17) is 0 Å². The molecular formula is C25H21N5O4. The van der Waals surface area contributed by atoms with Crippen LogP contribution in [0.15, 0.2) is 42.6 Å². The first-order valence-electron chi connectivity index (χ1n) is 11.4. The maximum atomic E-state index is 13.1. The number of rotatable bonds is 3. The number of aryl methyl sites for hydroxylation is 1. The zero-order valence-corrected chi connectivity index (χ0v) is 18.3. The van der Waals surface area contributed by atoms with Crippen molar-refractivity contribution in [2.24, 2.45) is 0 Å². The molecule has 0 spiro atoms. The van der Waals surface area contributed by atoms with Crippen LogP contribution in [0.1, 0.15) is 57.5 Å². The van der Waals surface area contributed by atoms with Crippen molar-refractivity contribution < 1.29 is 19.2 Å². The van der Waals surface area contributed by atoms with Crippen LogP contribution >= 0.6 is 0 Å². The Morgan fingerprint density at radius 3 is 2.59 bits per heavy atom. The van der Waals surface area contributed by atoms with Crippen LogP contribution in [-0.4, -0.2) is 49.6 Å². The van der Waals surface area contributed by atoms with Crippen LogP contribution in [0.2, 0.25) is 0 Å². The van der Waals surface area contributed by atoms with Crippen LogP contribution in [0, 0.1) is 0 Å². The summed E-state index contributed by atoms with van der Waals surface area (Å²) in [6.07, 6.45) is 6.44. The largest absolute Gasteiger partial charge is 0.295 e. The van der Waals surface area contributed by atoms with Gasteiger partial charge in [-0.25, -0.2) is 4.68 Å². The fraction of sp³-hybridized carbons (Fsp3) is 0.280. The van der Waals surface area contributed by atoms with Gasteiger partial charge in [-0.2, -0.15) is 0 Å². The highest BCUT2D eigenvalue weighted by molar-refractivity contribution is 6.23. The third kappa shape index (κ3) is 3.15. The summed E-state index contributed by atoms with van der Waals surface area (Å²) < 4.78 is 1.76. The minimum Gasteiger partial charge on any atom is -0.295 e. The number of imide groups is 2. The number of nitrogens with one attached hydrogen (secondary N) is 1. The molecule has 1 aromatic heterocycles. The number of hydrogen-bond donors (Lipinski definition) is 1.